The molecule has 1 heterocycles. The topological polar surface area (TPSA) is 107 Å². The lowest BCUT2D eigenvalue weighted by Crippen LogP contribution is -2.46. The maximum absolute atomic E-state index is 11.7. The van der Waals surface area contributed by atoms with E-state index in [1.165, 1.54) is 11.8 Å². The average molecular weight is 286 g/mol. The van der Waals surface area contributed by atoms with Gasteiger partial charge >= 0.3 is 12.0 Å². The quantitative estimate of drug-likeness (QED) is 0.597. The summed E-state index contributed by atoms with van der Waals surface area (Å²) in [6.45, 7) is 1.79. The van der Waals surface area contributed by atoms with E-state index in [0.717, 1.165) is 5.56 Å². The van der Waals surface area contributed by atoms with Crippen LogP contribution in [0.25, 0.3) is 0 Å². The Morgan fingerprint density at radius 2 is 2.26 bits per heavy atom. The predicted molar refractivity (Wildman–Crippen MR) is 73.1 cm³/mol. The molecule has 0 radical (unpaired) electrons. The maximum Gasteiger partial charge on any atom is 0.326 e. The normalized spacial score (nSPS) is 13.6. The monoisotopic (exact) mass is 286 g/mol. The molecular weight excluding hydrogens is 268 g/mol. The van der Waals surface area contributed by atoms with E-state index < -0.39 is 18.0 Å². The molecule has 1 aromatic rings. The first-order valence-electron chi connectivity index (χ1n) is 5.82. The van der Waals surface area contributed by atoms with Gasteiger partial charge in [0.2, 0.25) is 0 Å². The van der Waals surface area contributed by atoms with Crippen LogP contribution in [0.5, 0.6) is 0 Å². The summed E-state index contributed by atoms with van der Waals surface area (Å²) >= 11 is 1.54. The number of aliphatic carboxylic acids is 1. The number of rotatable bonds is 7. The number of hydrogen-bond donors (Lipinski definition) is 4. The highest BCUT2D eigenvalue weighted by molar-refractivity contribution is 7.98. The van der Waals surface area contributed by atoms with Crippen LogP contribution in [0.1, 0.15) is 24.9 Å². The number of H-pyrrole nitrogens is 1. The number of aromatic amines is 1. The second kappa shape index (κ2) is 7.67. The van der Waals surface area contributed by atoms with Crippen LogP contribution in [0.3, 0.4) is 0 Å². The third-order valence-corrected chi connectivity index (χ3v) is 3.22. The van der Waals surface area contributed by atoms with E-state index >= 15 is 0 Å². The first-order chi connectivity index (χ1) is 9.04. The Morgan fingerprint density at radius 1 is 1.53 bits per heavy atom. The van der Waals surface area contributed by atoms with Crippen molar-refractivity contribution in [3.63, 3.8) is 0 Å². The molecule has 8 heteroatoms. The van der Waals surface area contributed by atoms with Crippen LogP contribution < -0.4 is 10.6 Å². The van der Waals surface area contributed by atoms with Crippen LogP contribution >= 0.6 is 11.8 Å². The number of carboxylic acids is 1. The minimum absolute atomic E-state index is 0.242. The number of nitrogens with zero attached hydrogens (tertiary/aromatic N) is 1. The maximum atomic E-state index is 11.7. The van der Waals surface area contributed by atoms with Gasteiger partial charge in [0.25, 0.3) is 0 Å². The molecule has 1 unspecified atom stereocenters. The van der Waals surface area contributed by atoms with Gasteiger partial charge in [-0.3, -0.25) is 5.10 Å². The van der Waals surface area contributed by atoms with E-state index in [0.29, 0.717) is 12.2 Å². The van der Waals surface area contributed by atoms with Gasteiger partial charge in [-0.2, -0.15) is 16.9 Å². The molecule has 0 fully saturated rings. The van der Waals surface area contributed by atoms with Gasteiger partial charge in [-0.05, 0) is 25.4 Å². The standard InChI is InChI=1S/C11H18N4O3S/c1-7(8-5-12-13-6-8)14-11(18)15-9(10(16)17)3-4-19-2/h5-7,9H,3-4H2,1-2H3,(H,12,13)(H,16,17)(H2,14,15,18)/t7?,9-/m1/s1. The number of nitrogens with one attached hydrogen (secondary N) is 3. The fraction of sp³-hybridized carbons (Fsp3) is 0.545. The summed E-state index contributed by atoms with van der Waals surface area (Å²) in [5.74, 6) is -0.352. The Labute approximate surface area is 115 Å². The minimum Gasteiger partial charge on any atom is -0.480 e. The number of carbonyl (C=O) groups is 2. The van der Waals surface area contributed by atoms with E-state index in [-0.39, 0.29) is 6.04 Å². The van der Waals surface area contributed by atoms with Gasteiger partial charge in [-0.1, -0.05) is 0 Å². The van der Waals surface area contributed by atoms with E-state index in [1.54, 1.807) is 19.3 Å². The molecule has 0 aliphatic rings. The molecule has 1 rings (SSSR count). The first-order valence-corrected chi connectivity index (χ1v) is 7.21. The van der Waals surface area contributed by atoms with Gasteiger partial charge in [0.05, 0.1) is 12.2 Å². The fourth-order valence-electron chi connectivity index (χ4n) is 1.47. The van der Waals surface area contributed by atoms with Crippen LogP contribution in [0.4, 0.5) is 4.79 Å². The summed E-state index contributed by atoms with van der Waals surface area (Å²) in [5.41, 5.74) is 0.825. The largest absolute Gasteiger partial charge is 0.480 e. The van der Waals surface area contributed by atoms with Gasteiger partial charge in [-0.25, -0.2) is 9.59 Å². The number of carbonyl (C=O) groups excluding carboxylic acids is 1. The minimum atomic E-state index is -1.03. The van der Waals surface area contributed by atoms with Gasteiger partial charge in [-0.15, -0.1) is 0 Å². The van der Waals surface area contributed by atoms with Crippen LogP contribution in [0.15, 0.2) is 12.4 Å². The van der Waals surface area contributed by atoms with E-state index in [9.17, 15) is 9.59 Å². The average Bonchev–Trinajstić information content (AvgIpc) is 2.87. The third kappa shape index (κ3) is 5.21. The number of urea groups is 1. The highest BCUT2D eigenvalue weighted by atomic mass is 32.2. The number of hydrogen-bond acceptors (Lipinski definition) is 4. The summed E-state index contributed by atoms with van der Waals surface area (Å²) in [5, 5.41) is 20.6. The molecule has 0 aromatic carbocycles. The van der Waals surface area contributed by atoms with E-state index in [2.05, 4.69) is 20.8 Å². The smallest absolute Gasteiger partial charge is 0.326 e. The second-order valence-electron chi connectivity index (χ2n) is 4.04. The Morgan fingerprint density at radius 3 is 2.79 bits per heavy atom. The van der Waals surface area contributed by atoms with Crippen molar-refractivity contribution in [2.75, 3.05) is 12.0 Å². The van der Waals surface area contributed by atoms with Gasteiger partial charge in [0.15, 0.2) is 0 Å². The predicted octanol–water partition coefficient (Wildman–Crippen LogP) is 0.976. The third-order valence-electron chi connectivity index (χ3n) is 2.58. The Hall–Kier alpha value is -1.70. The van der Waals surface area contributed by atoms with Gasteiger partial charge in [0, 0.05) is 11.8 Å². The molecule has 0 spiro atoms. The first kappa shape index (κ1) is 15.4. The summed E-state index contributed by atoms with van der Waals surface area (Å²) in [6.07, 6.45) is 5.56. The van der Waals surface area contributed by atoms with Crippen LogP contribution in [-0.4, -0.2) is 45.4 Å². The highest BCUT2D eigenvalue weighted by Gasteiger charge is 2.20. The molecule has 0 aliphatic carbocycles. The molecule has 0 saturated carbocycles. The van der Waals surface area contributed by atoms with Crippen LogP contribution in [0, 0.1) is 0 Å². The lowest BCUT2D eigenvalue weighted by Gasteiger charge is -2.17. The van der Waals surface area contributed by atoms with Gasteiger partial charge < -0.3 is 15.7 Å². The number of amides is 2. The van der Waals surface area contributed by atoms with Crippen LogP contribution in [0.2, 0.25) is 0 Å². The lowest BCUT2D eigenvalue weighted by molar-refractivity contribution is -0.139. The molecule has 0 bridgehead atoms. The molecule has 2 amide bonds. The number of aromatic nitrogens is 2. The van der Waals surface area contributed by atoms with E-state index in [4.69, 9.17) is 5.11 Å². The fourth-order valence-corrected chi connectivity index (χ4v) is 1.94. The summed E-state index contributed by atoms with van der Waals surface area (Å²) in [7, 11) is 0. The molecule has 0 aliphatic heterocycles. The molecule has 1 aromatic heterocycles. The number of carboxylic acid groups (broad SMARTS) is 1. The van der Waals surface area contributed by atoms with E-state index in [1.807, 2.05) is 6.26 Å². The zero-order valence-electron chi connectivity index (χ0n) is 10.8. The SMILES string of the molecule is CSCC[C@@H](NC(=O)NC(C)c1cn[nH]c1)C(=O)O. The van der Waals surface area contributed by atoms with Crippen molar-refractivity contribution in [3.8, 4) is 0 Å². The molecule has 7 nitrogen and oxygen atoms in total. The highest BCUT2D eigenvalue weighted by Crippen LogP contribution is 2.08. The van der Waals surface area contributed by atoms with Crippen molar-refractivity contribution >= 4 is 23.8 Å². The van der Waals surface area contributed by atoms with Crippen LogP contribution in [-0.2, 0) is 4.79 Å². The molecular formula is C11H18N4O3S. The Bertz CT molecular complexity index is 410. The van der Waals surface area contributed by atoms with Crippen molar-refractivity contribution in [2.45, 2.75) is 25.4 Å². The van der Waals surface area contributed by atoms with Crippen molar-refractivity contribution < 1.29 is 14.7 Å². The zero-order valence-corrected chi connectivity index (χ0v) is 11.7. The summed E-state index contributed by atoms with van der Waals surface area (Å²) in [6, 6.07) is -1.61. The molecule has 4 N–H and O–H groups in total. The molecule has 0 saturated heterocycles. The Balaban J connectivity index is 2.46. The van der Waals surface area contributed by atoms with Crippen molar-refractivity contribution in [1.82, 2.24) is 20.8 Å². The lowest BCUT2D eigenvalue weighted by atomic mass is 10.2. The Kier molecular flexibility index (Phi) is 6.20. The van der Waals surface area contributed by atoms with Crippen molar-refractivity contribution in [2.24, 2.45) is 0 Å². The number of thioether (sulfide) groups is 1. The van der Waals surface area contributed by atoms with Crippen molar-refractivity contribution in [3.05, 3.63) is 18.0 Å². The zero-order chi connectivity index (χ0) is 14.3. The molecule has 106 valence electrons. The van der Waals surface area contributed by atoms with Crippen molar-refractivity contribution in [1.29, 1.82) is 0 Å². The molecule has 2 atom stereocenters. The van der Waals surface area contributed by atoms with Gasteiger partial charge in [0.1, 0.15) is 6.04 Å². The summed E-state index contributed by atoms with van der Waals surface area (Å²) < 4.78 is 0. The second-order valence-corrected chi connectivity index (χ2v) is 5.03. The molecule has 19 heavy (non-hydrogen) atoms. The summed E-state index contributed by atoms with van der Waals surface area (Å²) in [4.78, 5) is 22.7.